The first-order valence-corrected chi connectivity index (χ1v) is 11.3. The van der Waals surface area contributed by atoms with E-state index in [0.717, 1.165) is 16.7 Å². The maximum absolute atomic E-state index is 13.5. The fourth-order valence-corrected chi connectivity index (χ4v) is 5.32. The van der Waals surface area contributed by atoms with Gasteiger partial charge in [0.15, 0.2) is 0 Å². The normalized spacial score (nSPS) is 24.7. The molecule has 0 bridgehead atoms. The Morgan fingerprint density at radius 3 is 2.15 bits per heavy atom. The Hall–Kier alpha value is -3.73. The molecule has 4 atom stereocenters. The second-order valence-corrected chi connectivity index (χ2v) is 9.02. The van der Waals surface area contributed by atoms with Crippen molar-refractivity contribution in [2.75, 3.05) is 6.54 Å². The Balaban J connectivity index is 1.43. The van der Waals surface area contributed by atoms with Gasteiger partial charge in [-0.2, -0.15) is 0 Å². The quantitative estimate of drug-likeness (QED) is 0.594. The van der Waals surface area contributed by atoms with Crippen LogP contribution in [-0.4, -0.2) is 29.0 Å². The van der Waals surface area contributed by atoms with Crippen molar-refractivity contribution >= 4 is 17.6 Å². The number of hydrogen-bond acceptors (Lipinski definition) is 3. The SMILES string of the molecule is C[C@H](NC(=O)[C@H]1[C@H](c2ccccc2)[C@@]12CN(Cc1ccccc1)C(=O)C2=O)c1ccccc1. The van der Waals surface area contributed by atoms with E-state index in [-0.39, 0.29) is 24.4 Å². The van der Waals surface area contributed by atoms with Crippen molar-refractivity contribution in [3.8, 4) is 0 Å². The number of carbonyl (C=O) groups excluding carboxylic acids is 3. The minimum Gasteiger partial charge on any atom is -0.349 e. The van der Waals surface area contributed by atoms with E-state index in [0.29, 0.717) is 6.54 Å². The summed E-state index contributed by atoms with van der Waals surface area (Å²) in [6.07, 6.45) is 0. The van der Waals surface area contributed by atoms with Crippen LogP contribution < -0.4 is 5.32 Å². The number of nitrogens with zero attached hydrogens (tertiary/aromatic N) is 1. The van der Waals surface area contributed by atoms with Crippen molar-refractivity contribution in [3.63, 3.8) is 0 Å². The fourth-order valence-electron chi connectivity index (χ4n) is 5.32. The Morgan fingerprint density at radius 1 is 0.939 bits per heavy atom. The molecule has 1 saturated heterocycles. The number of likely N-dealkylation sites (tertiary alicyclic amines) is 1. The number of hydrogen-bond donors (Lipinski definition) is 1. The Kier molecular flexibility index (Phi) is 5.33. The van der Waals surface area contributed by atoms with Gasteiger partial charge in [0.25, 0.3) is 5.91 Å². The molecular formula is C28H26N2O3. The zero-order chi connectivity index (χ0) is 23.0. The van der Waals surface area contributed by atoms with Gasteiger partial charge in [-0.15, -0.1) is 0 Å². The molecule has 1 aliphatic carbocycles. The molecule has 5 heteroatoms. The Morgan fingerprint density at radius 2 is 1.52 bits per heavy atom. The van der Waals surface area contributed by atoms with Gasteiger partial charge in [-0.25, -0.2) is 0 Å². The molecule has 5 nitrogen and oxygen atoms in total. The first-order valence-electron chi connectivity index (χ1n) is 11.3. The molecule has 0 aromatic heterocycles. The number of amides is 2. The van der Waals surface area contributed by atoms with Crippen molar-refractivity contribution in [1.29, 1.82) is 0 Å². The van der Waals surface area contributed by atoms with Gasteiger partial charge in [-0.1, -0.05) is 91.0 Å². The molecule has 0 unspecified atom stereocenters. The van der Waals surface area contributed by atoms with Crippen LogP contribution in [0.25, 0.3) is 0 Å². The highest BCUT2D eigenvalue weighted by Gasteiger charge is 2.77. The van der Waals surface area contributed by atoms with Gasteiger partial charge < -0.3 is 10.2 Å². The zero-order valence-electron chi connectivity index (χ0n) is 18.5. The minimum absolute atomic E-state index is 0.178. The summed E-state index contributed by atoms with van der Waals surface area (Å²) in [5.74, 6) is -1.99. The molecule has 3 aromatic rings. The zero-order valence-corrected chi connectivity index (χ0v) is 18.5. The standard InChI is InChI=1S/C28H26N2O3/c1-19(21-13-7-3-8-14-21)29-26(32)24-23(22-15-9-4-10-16-22)28(24)18-30(27(33)25(28)31)17-20-11-5-2-6-12-20/h2-16,19,23-24H,17-18H2,1H3,(H,29,32)/t19-,23-,24+,28-/m0/s1. The van der Waals surface area contributed by atoms with Crippen LogP contribution in [0.15, 0.2) is 91.0 Å². The highest BCUT2D eigenvalue weighted by Crippen LogP contribution is 2.68. The topological polar surface area (TPSA) is 66.5 Å². The summed E-state index contributed by atoms with van der Waals surface area (Å²) in [6, 6.07) is 28.8. The molecule has 1 saturated carbocycles. The fraction of sp³-hybridized carbons (Fsp3) is 0.250. The highest BCUT2D eigenvalue weighted by atomic mass is 16.2. The van der Waals surface area contributed by atoms with Gasteiger partial charge in [-0.05, 0) is 23.6 Å². The second-order valence-electron chi connectivity index (χ2n) is 9.02. The molecule has 166 valence electrons. The van der Waals surface area contributed by atoms with Gasteiger partial charge in [0, 0.05) is 19.0 Å². The summed E-state index contributed by atoms with van der Waals surface area (Å²) < 4.78 is 0. The van der Waals surface area contributed by atoms with E-state index in [4.69, 9.17) is 0 Å². The molecule has 2 fully saturated rings. The number of rotatable bonds is 6. The first-order chi connectivity index (χ1) is 16.0. The van der Waals surface area contributed by atoms with E-state index >= 15 is 0 Å². The van der Waals surface area contributed by atoms with Crippen molar-refractivity contribution < 1.29 is 14.4 Å². The molecule has 1 N–H and O–H groups in total. The van der Waals surface area contributed by atoms with Gasteiger partial charge in [0.05, 0.1) is 17.4 Å². The number of ketones is 1. The van der Waals surface area contributed by atoms with Crippen molar-refractivity contribution in [1.82, 2.24) is 10.2 Å². The summed E-state index contributed by atoms with van der Waals surface area (Å²) in [5, 5.41) is 3.09. The Bertz CT molecular complexity index is 1180. The van der Waals surface area contributed by atoms with Crippen molar-refractivity contribution in [2.24, 2.45) is 11.3 Å². The Labute approximate surface area is 193 Å². The maximum atomic E-state index is 13.5. The van der Waals surface area contributed by atoms with Gasteiger partial charge in [-0.3, -0.25) is 14.4 Å². The maximum Gasteiger partial charge on any atom is 0.290 e. The summed E-state index contributed by atoms with van der Waals surface area (Å²) >= 11 is 0. The summed E-state index contributed by atoms with van der Waals surface area (Å²) in [7, 11) is 0. The van der Waals surface area contributed by atoms with Gasteiger partial charge in [0.1, 0.15) is 0 Å². The smallest absolute Gasteiger partial charge is 0.290 e. The van der Waals surface area contributed by atoms with E-state index in [2.05, 4.69) is 5.32 Å². The summed E-state index contributed by atoms with van der Waals surface area (Å²) in [4.78, 5) is 41.4. The van der Waals surface area contributed by atoms with Crippen LogP contribution in [0.5, 0.6) is 0 Å². The monoisotopic (exact) mass is 438 g/mol. The van der Waals surface area contributed by atoms with Crippen LogP contribution >= 0.6 is 0 Å². The molecule has 2 amide bonds. The lowest BCUT2D eigenvalue weighted by Crippen LogP contribution is -2.32. The summed E-state index contributed by atoms with van der Waals surface area (Å²) in [6.45, 7) is 2.56. The van der Waals surface area contributed by atoms with Crippen LogP contribution in [0.1, 0.15) is 35.6 Å². The third-order valence-electron chi connectivity index (χ3n) is 7.01. The first kappa shape index (κ1) is 21.1. The van der Waals surface area contributed by atoms with E-state index in [1.807, 2.05) is 97.9 Å². The van der Waals surface area contributed by atoms with E-state index < -0.39 is 23.0 Å². The van der Waals surface area contributed by atoms with Crippen LogP contribution in [0.2, 0.25) is 0 Å². The molecule has 1 spiro atoms. The third kappa shape index (κ3) is 3.63. The predicted molar refractivity (Wildman–Crippen MR) is 125 cm³/mol. The van der Waals surface area contributed by atoms with Crippen LogP contribution in [0.4, 0.5) is 0 Å². The highest BCUT2D eigenvalue weighted by molar-refractivity contribution is 6.42. The largest absolute Gasteiger partial charge is 0.349 e. The molecule has 5 rings (SSSR count). The lowest BCUT2D eigenvalue weighted by Gasteiger charge is -2.17. The number of benzene rings is 3. The molecule has 33 heavy (non-hydrogen) atoms. The molecule has 1 heterocycles. The van der Waals surface area contributed by atoms with Gasteiger partial charge >= 0.3 is 0 Å². The predicted octanol–water partition coefficient (Wildman–Crippen LogP) is 3.88. The number of carbonyl (C=O) groups is 3. The molecule has 0 radical (unpaired) electrons. The van der Waals surface area contributed by atoms with Gasteiger partial charge in [0.2, 0.25) is 11.7 Å². The van der Waals surface area contributed by atoms with Crippen molar-refractivity contribution in [2.45, 2.75) is 25.4 Å². The average Bonchev–Trinajstić information content (AvgIpc) is 3.47. The minimum atomic E-state index is -1.01. The van der Waals surface area contributed by atoms with E-state index in [9.17, 15) is 14.4 Å². The molecular weight excluding hydrogens is 412 g/mol. The number of Topliss-reactive ketones (excluding diaryl/α,β-unsaturated/α-hetero) is 1. The molecule has 1 aliphatic heterocycles. The van der Waals surface area contributed by atoms with Crippen molar-refractivity contribution in [3.05, 3.63) is 108 Å². The molecule has 2 aliphatic rings. The van der Waals surface area contributed by atoms with E-state index in [1.54, 1.807) is 4.90 Å². The van der Waals surface area contributed by atoms with Crippen LogP contribution in [0.3, 0.4) is 0 Å². The van der Waals surface area contributed by atoms with E-state index in [1.165, 1.54) is 0 Å². The third-order valence-corrected chi connectivity index (χ3v) is 7.01. The summed E-state index contributed by atoms with van der Waals surface area (Å²) in [5.41, 5.74) is 1.88. The van der Waals surface area contributed by atoms with Crippen LogP contribution in [-0.2, 0) is 20.9 Å². The lowest BCUT2D eigenvalue weighted by atomic mass is 9.96. The molecule has 3 aromatic carbocycles. The lowest BCUT2D eigenvalue weighted by molar-refractivity contribution is -0.141. The number of nitrogens with one attached hydrogen (secondary N) is 1. The average molecular weight is 439 g/mol. The van der Waals surface area contributed by atoms with Crippen LogP contribution in [0, 0.1) is 11.3 Å². The second kappa shape index (κ2) is 8.32.